The average Bonchev–Trinajstić information content (AvgIpc) is 3.50. The average molecular weight is 675 g/mol. The van der Waals surface area contributed by atoms with E-state index in [0.29, 0.717) is 24.1 Å². The number of aromatic amines is 1. The first-order valence-electron chi connectivity index (χ1n) is 16.1. The Morgan fingerprint density at radius 1 is 1.12 bits per heavy atom. The van der Waals surface area contributed by atoms with Crippen LogP contribution in [0, 0.1) is 11.8 Å². The van der Waals surface area contributed by atoms with Gasteiger partial charge in [-0.3, -0.25) is 4.79 Å². The zero-order valence-corrected chi connectivity index (χ0v) is 26.7. The number of aromatic nitrogens is 1. The number of para-hydroxylation sites is 1. The zero-order valence-electron chi connectivity index (χ0n) is 26.7. The Kier molecular flexibility index (Phi) is 8.94. The normalized spacial score (nSPS) is 30.9. The molecule has 1 aromatic heterocycles. The second-order valence-corrected chi connectivity index (χ2v) is 12.6. The van der Waals surface area contributed by atoms with Gasteiger partial charge in [0.2, 0.25) is 6.29 Å². The number of hydrogen-bond donors (Lipinski definition) is 5. The van der Waals surface area contributed by atoms with Crippen molar-refractivity contribution >= 4 is 28.9 Å². The molecule has 13 nitrogen and oxygen atoms in total. The molecule has 0 radical (unpaired) electrons. The maximum atomic E-state index is 13.7. The van der Waals surface area contributed by atoms with Crippen LogP contribution >= 0.6 is 0 Å². The molecule has 2 saturated heterocycles. The van der Waals surface area contributed by atoms with E-state index < -0.39 is 55.5 Å². The number of aliphatic hydroxyl groups excluding tert-OH is 3. The molecule has 4 aliphatic rings. The third kappa shape index (κ3) is 5.97. The largest absolute Gasteiger partial charge is 0.504 e. The second kappa shape index (κ2) is 13.3. The van der Waals surface area contributed by atoms with Crippen LogP contribution in [0.15, 0.2) is 73.0 Å². The molecule has 0 saturated carbocycles. The number of H-pyrrole nitrogens is 1. The molecular weight excluding hydrogens is 636 g/mol. The highest BCUT2D eigenvalue weighted by Gasteiger charge is 2.51. The molecule has 2 aromatic carbocycles. The molecule has 1 amide bonds. The van der Waals surface area contributed by atoms with Gasteiger partial charge in [0.15, 0.2) is 17.8 Å². The van der Waals surface area contributed by atoms with Crippen molar-refractivity contribution in [3.63, 3.8) is 0 Å². The number of phenolic OH excluding ortho intramolecular Hbond substituents is 1. The number of amides is 1. The van der Waals surface area contributed by atoms with Crippen molar-refractivity contribution in [2.45, 2.75) is 55.9 Å². The monoisotopic (exact) mass is 674 g/mol. The number of ether oxygens (including phenoxy) is 5. The standard InChI is InChI=1S/C36H38N2O11/c1-3-19-22-15-25-30-21(20-6-4-5-7-24(20)37-30)12-13-38(25)34(44)23(22)16-47-35(19)49-36-33(43)32(42)31(41)28(48-36)17-46-29(40)11-9-18-8-10-27(45-2)26(39)14-18/h3-11,14,16,19,22,25,28,31-33,35-37,39,41-43H,1,12-13,15,17H2,2H3. The van der Waals surface area contributed by atoms with Crippen LogP contribution in [-0.2, 0) is 35.0 Å². The van der Waals surface area contributed by atoms with Gasteiger partial charge in [0, 0.05) is 41.1 Å². The highest BCUT2D eigenvalue weighted by Crippen LogP contribution is 2.48. The third-order valence-electron chi connectivity index (χ3n) is 9.86. The van der Waals surface area contributed by atoms with E-state index in [1.165, 1.54) is 31.1 Å². The fourth-order valence-electron chi connectivity index (χ4n) is 7.31. The fourth-order valence-corrected chi connectivity index (χ4v) is 7.31. The fraction of sp³-hybridized carbons (Fsp3) is 0.389. The molecular formula is C36H38N2O11. The molecule has 258 valence electrons. The number of benzene rings is 2. The molecule has 3 aromatic rings. The van der Waals surface area contributed by atoms with Crippen LogP contribution in [0.25, 0.3) is 17.0 Å². The van der Waals surface area contributed by atoms with E-state index in [4.69, 9.17) is 23.7 Å². The predicted molar refractivity (Wildman–Crippen MR) is 174 cm³/mol. The highest BCUT2D eigenvalue weighted by molar-refractivity contribution is 5.96. The summed E-state index contributed by atoms with van der Waals surface area (Å²) in [6.07, 6.45) is -1.84. The van der Waals surface area contributed by atoms with Crippen molar-refractivity contribution in [1.82, 2.24) is 9.88 Å². The number of carbonyl (C=O) groups is 2. The van der Waals surface area contributed by atoms with Gasteiger partial charge >= 0.3 is 5.97 Å². The number of phenols is 1. The number of methoxy groups -OCH3 is 1. The Balaban J connectivity index is 1.03. The summed E-state index contributed by atoms with van der Waals surface area (Å²) < 4.78 is 28.0. The van der Waals surface area contributed by atoms with Crippen LogP contribution in [0.5, 0.6) is 11.5 Å². The van der Waals surface area contributed by atoms with Crippen molar-refractivity contribution in [3.8, 4) is 11.5 Å². The summed E-state index contributed by atoms with van der Waals surface area (Å²) in [7, 11) is 1.42. The van der Waals surface area contributed by atoms with Gasteiger partial charge in [-0.1, -0.05) is 30.3 Å². The van der Waals surface area contributed by atoms with E-state index in [9.17, 15) is 30.0 Å². The van der Waals surface area contributed by atoms with Crippen LogP contribution in [0.2, 0.25) is 0 Å². The Labute approximate surface area is 281 Å². The number of carbonyl (C=O) groups excluding carboxylic acids is 2. The lowest BCUT2D eigenvalue weighted by molar-refractivity contribution is -0.339. The summed E-state index contributed by atoms with van der Waals surface area (Å²) in [6.45, 7) is 4.10. The summed E-state index contributed by atoms with van der Waals surface area (Å²) in [6, 6.07) is 12.5. The van der Waals surface area contributed by atoms with E-state index in [2.05, 4.69) is 17.6 Å². The van der Waals surface area contributed by atoms with Crippen LogP contribution in [0.4, 0.5) is 0 Å². The molecule has 0 spiro atoms. The van der Waals surface area contributed by atoms with Crippen LogP contribution < -0.4 is 4.74 Å². The smallest absolute Gasteiger partial charge is 0.330 e. The molecule has 4 aliphatic heterocycles. The number of nitrogens with one attached hydrogen (secondary N) is 1. The molecule has 7 rings (SSSR count). The highest BCUT2D eigenvalue weighted by atomic mass is 16.8. The number of piperidine rings is 1. The van der Waals surface area contributed by atoms with Crippen LogP contribution in [0.1, 0.15) is 29.3 Å². The molecule has 9 unspecified atom stereocenters. The van der Waals surface area contributed by atoms with Crippen molar-refractivity contribution in [2.75, 3.05) is 20.3 Å². The van der Waals surface area contributed by atoms with Gasteiger partial charge in [0.1, 0.15) is 31.0 Å². The molecule has 0 bridgehead atoms. The Bertz CT molecular complexity index is 1820. The predicted octanol–water partition coefficient (Wildman–Crippen LogP) is 2.45. The molecule has 9 atom stereocenters. The van der Waals surface area contributed by atoms with Crippen molar-refractivity contribution < 1.29 is 53.7 Å². The quantitative estimate of drug-likeness (QED) is 0.135. The van der Waals surface area contributed by atoms with Crippen molar-refractivity contribution in [1.29, 1.82) is 0 Å². The first-order valence-corrected chi connectivity index (χ1v) is 16.1. The van der Waals surface area contributed by atoms with Crippen LogP contribution in [-0.4, -0.2) is 99.4 Å². The van der Waals surface area contributed by atoms with E-state index in [1.54, 1.807) is 18.2 Å². The summed E-state index contributed by atoms with van der Waals surface area (Å²) in [5, 5.41) is 43.2. The van der Waals surface area contributed by atoms with Crippen molar-refractivity contribution in [3.05, 3.63) is 89.9 Å². The van der Waals surface area contributed by atoms with Gasteiger partial charge in [-0.15, -0.1) is 6.58 Å². The lowest BCUT2D eigenvalue weighted by atomic mass is 9.74. The Hall–Kier alpha value is -4.66. The number of aliphatic hydroxyl groups is 3. The zero-order chi connectivity index (χ0) is 34.4. The molecule has 13 heteroatoms. The molecule has 5 heterocycles. The number of aromatic hydroxyl groups is 1. The number of nitrogens with zero attached hydrogens (tertiary/aromatic N) is 1. The molecule has 49 heavy (non-hydrogen) atoms. The second-order valence-electron chi connectivity index (χ2n) is 12.6. The summed E-state index contributed by atoms with van der Waals surface area (Å²) >= 11 is 0. The lowest BCUT2D eigenvalue weighted by Crippen LogP contribution is -2.60. The molecule has 2 fully saturated rings. The van der Waals surface area contributed by atoms with Gasteiger partial charge in [0.05, 0.1) is 25.0 Å². The number of rotatable bonds is 8. The maximum Gasteiger partial charge on any atom is 0.330 e. The van der Waals surface area contributed by atoms with Gasteiger partial charge in [0.25, 0.3) is 5.91 Å². The van der Waals surface area contributed by atoms with E-state index in [0.717, 1.165) is 29.1 Å². The number of fused-ring (bicyclic) bond motifs is 6. The van der Waals surface area contributed by atoms with Gasteiger partial charge < -0.3 is 54.0 Å². The van der Waals surface area contributed by atoms with E-state index >= 15 is 0 Å². The Morgan fingerprint density at radius 2 is 1.94 bits per heavy atom. The minimum Gasteiger partial charge on any atom is -0.504 e. The summed E-state index contributed by atoms with van der Waals surface area (Å²) in [5.41, 5.74) is 4.26. The van der Waals surface area contributed by atoms with Gasteiger partial charge in [-0.05, 0) is 48.2 Å². The van der Waals surface area contributed by atoms with Crippen molar-refractivity contribution in [2.24, 2.45) is 11.8 Å². The summed E-state index contributed by atoms with van der Waals surface area (Å²) in [5.74, 6) is -1.57. The van der Waals surface area contributed by atoms with Gasteiger partial charge in [-0.2, -0.15) is 0 Å². The minimum atomic E-state index is -1.69. The topological polar surface area (TPSA) is 180 Å². The summed E-state index contributed by atoms with van der Waals surface area (Å²) in [4.78, 5) is 31.6. The van der Waals surface area contributed by atoms with Crippen LogP contribution in [0.3, 0.4) is 0 Å². The van der Waals surface area contributed by atoms with E-state index in [1.807, 2.05) is 23.1 Å². The lowest BCUT2D eigenvalue weighted by Gasteiger charge is -2.48. The van der Waals surface area contributed by atoms with E-state index in [-0.39, 0.29) is 29.4 Å². The van der Waals surface area contributed by atoms with Gasteiger partial charge in [-0.25, -0.2) is 4.79 Å². The maximum absolute atomic E-state index is 13.7. The SMILES string of the molecule is C=CC1C(OC2OC(COC(=O)C=Cc3ccc(OC)c(O)c3)C(O)C(O)C2O)OC=C2C(=O)N3CCc4c([nH]c5ccccc45)C3CC21. The number of esters is 1. The molecule has 5 N–H and O–H groups in total. The Morgan fingerprint density at radius 3 is 2.71 bits per heavy atom. The first kappa shape index (κ1) is 32.9. The minimum absolute atomic E-state index is 0.0999. The third-order valence-corrected chi connectivity index (χ3v) is 9.86. The first-order chi connectivity index (χ1) is 23.7. The number of hydrogen-bond acceptors (Lipinski definition) is 11. The molecule has 0 aliphatic carbocycles.